The van der Waals surface area contributed by atoms with Gasteiger partial charge in [-0.15, -0.1) is 0 Å². The normalized spacial score (nSPS) is 12.4. The molecule has 0 heterocycles. The molecule has 0 aromatic heterocycles. The predicted octanol–water partition coefficient (Wildman–Crippen LogP) is 11.2. The maximum atomic E-state index is 10.8. The van der Waals surface area contributed by atoms with E-state index in [2.05, 4.69) is 161 Å². The fourth-order valence-electron chi connectivity index (χ4n) is 5.67. The van der Waals surface area contributed by atoms with Gasteiger partial charge in [-0.05, 0) is 73.8 Å². The minimum atomic E-state index is -0.250. The van der Waals surface area contributed by atoms with E-state index >= 15 is 0 Å². The van der Waals surface area contributed by atoms with Crippen molar-refractivity contribution in [1.82, 2.24) is 10.2 Å². The first-order valence-electron chi connectivity index (χ1n) is 18.3. The van der Waals surface area contributed by atoms with E-state index in [9.17, 15) is 4.79 Å². The SMILES string of the molecule is C/C=C(/C)C1=C(CC)CCC=C1.CC/C=C(/c1ccccc1)N(CCNC=O)CCC(c1ccccc1)c1ccccc1.CCCC.O=CO. The third-order valence-corrected chi connectivity index (χ3v) is 8.57. The Balaban J connectivity index is 0.000000540. The van der Waals surface area contributed by atoms with Crippen LogP contribution in [0, 0.1) is 0 Å². The van der Waals surface area contributed by atoms with Crippen LogP contribution in [0.2, 0.25) is 0 Å². The average Bonchev–Trinajstić information content (AvgIpc) is 3.18. The fraction of sp³-hybridized carbons (Fsp3) is 0.378. The van der Waals surface area contributed by atoms with E-state index in [0.717, 1.165) is 32.3 Å². The molecule has 1 aliphatic rings. The monoisotopic (exact) mass is 678 g/mol. The van der Waals surface area contributed by atoms with Crippen molar-refractivity contribution in [2.75, 3.05) is 19.6 Å². The number of hydrogen-bond donors (Lipinski definition) is 2. The highest BCUT2D eigenvalue weighted by molar-refractivity contribution is 5.64. The van der Waals surface area contributed by atoms with Crippen LogP contribution in [0.1, 0.15) is 109 Å². The zero-order chi connectivity index (χ0) is 36.8. The number of nitrogens with zero attached hydrogens (tertiary/aromatic N) is 1. The highest BCUT2D eigenvalue weighted by Crippen LogP contribution is 2.30. The lowest BCUT2D eigenvalue weighted by Gasteiger charge is -2.30. The van der Waals surface area contributed by atoms with Gasteiger partial charge in [0.15, 0.2) is 0 Å². The quantitative estimate of drug-likeness (QED) is 0.124. The standard InChI is InChI=1S/C28H32N2O.C12H18.C4H10.CH2O2/c1-2-12-28(26-17-10-5-11-18-26)30(22-20-29-23-31)21-19-27(24-13-6-3-7-14-24)25-15-8-4-9-16-25;1-4-10(3)12-9-7-6-8-11(12)5-2;1-3-4-2;2-1-3/h3-18,23,27H,2,19-22H2,1H3,(H,29,31);4,7,9H,5-6,8H2,1-3H3;3-4H2,1-2H3;1H,(H,2,3)/b28-12-;10-4-;;. The maximum absolute atomic E-state index is 10.8. The van der Waals surface area contributed by atoms with Gasteiger partial charge in [0, 0.05) is 31.2 Å². The van der Waals surface area contributed by atoms with Gasteiger partial charge in [0.05, 0.1) is 0 Å². The summed E-state index contributed by atoms with van der Waals surface area (Å²) in [5.41, 5.74) is 9.63. The second-order valence-electron chi connectivity index (χ2n) is 12.0. The predicted molar refractivity (Wildman–Crippen MR) is 214 cm³/mol. The molecule has 2 N–H and O–H groups in total. The summed E-state index contributed by atoms with van der Waals surface area (Å²) in [5.74, 6) is 0.322. The smallest absolute Gasteiger partial charge is 0.290 e. The summed E-state index contributed by atoms with van der Waals surface area (Å²) in [5, 5.41) is 9.72. The highest BCUT2D eigenvalue weighted by atomic mass is 16.3. The van der Waals surface area contributed by atoms with Crippen LogP contribution in [0.3, 0.4) is 0 Å². The molecular formula is C45H62N2O3. The Morgan fingerprint density at radius 1 is 0.840 bits per heavy atom. The third kappa shape index (κ3) is 16.6. The van der Waals surface area contributed by atoms with E-state index in [1.807, 2.05) is 6.07 Å². The van der Waals surface area contributed by atoms with E-state index in [0.29, 0.717) is 12.5 Å². The molecule has 0 unspecified atom stereocenters. The van der Waals surface area contributed by atoms with Crippen molar-refractivity contribution in [2.24, 2.45) is 0 Å². The van der Waals surface area contributed by atoms with Gasteiger partial charge in [-0.3, -0.25) is 9.59 Å². The van der Waals surface area contributed by atoms with Gasteiger partial charge in [-0.25, -0.2) is 0 Å². The molecule has 1 aliphatic carbocycles. The van der Waals surface area contributed by atoms with E-state index in [1.165, 1.54) is 65.6 Å². The second kappa shape index (κ2) is 28.2. The molecule has 50 heavy (non-hydrogen) atoms. The zero-order valence-corrected chi connectivity index (χ0v) is 31.5. The van der Waals surface area contributed by atoms with Gasteiger partial charge in [-0.1, -0.05) is 161 Å². The van der Waals surface area contributed by atoms with Crippen LogP contribution in [0.15, 0.2) is 132 Å². The molecule has 1 amide bonds. The number of benzene rings is 3. The van der Waals surface area contributed by atoms with E-state index in [1.54, 1.807) is 5.57 Å². The average molecular weight is 679 g/mol. The van der Waals surface area contributed by atoms with Gasteiger partial charge < -0.3 is 15.3 Å². The number of carbonyl (C=O) groups is 2. The number of carbonyl (C=O) groups excluding carboxylic acids is 1. The van der Waals surface area contributed by atoms with Gasteiger partial charge in [-0.2, -0.15) is 0 Å². The Labute approximate surface area is 303 Å². The molecule has 0 saturated heterocycles. The molecule has 0 radical (unpaired) electrons. The molecule has 5 heteroatoms. The Morgan fingerprint density at radius 2 is 1.38 bits per heavy atom. The number of rotatable bonds is 15. The number of amides is 1. The molecule has 4 rings (SSSR count). The summed E-state index contributed by atoms with van der Waals surface area (Å²) < 4.78 is 0. The van der Waals surface area contributed by atoms with Crippen molar-refractivity contribution >= 4 is 18.6 Å². The molecule has 0 aliphatic heterocycles. The Bertz CT molecular complexity index is 1390. The summed E-state index contributed by atoms with van der Waals surface area (Å²) in [6.07, 6.45) is 18.1. The minimum absolute atomic E-state index is 0.250. The first-order chi connectivity index (χ1) is 24.4. The van der Waals surface area contributed by atoms with Crippen LogP contribution in [-0.4, -0.2) is 42.5 Å². The number of allylic oxidation sites excluding steroid dienone is 7. The topological polar surface area (TPSA) is 69.6 Å². The fourth-order valence-corrected chi connectivity index (χ4v) is 5.67. The number of hydrogen-bond acceptors (Lipinski definition) is 3. The van der Waals surface area contributed by atoms with Crippen molar-refractivity contribution in [3.63, 3.8) is 0 Å². The van der Waals surface area contributed by atoms with Gasteiger partial charge in [0.2, 0.25) is 6.41 Å². The van der Waals surface area contributed by atoms with E-state index in [4.69, 9.17) is 9.90 Å². The van der Waals surface area contributed by atoms with Crippen molar-refractivity contribution in [3.8, 4) is 0 Å². The summed E-state index contributed by atoms with van der Waals surface area (Å²) in [6.45, 7) is 15.1. The lowest BCUT2D eigenvalue weighted by Crippen LogP contribution is -2.32. The number of carboxylic acid groups (broad SMARTS) is 1. The second-order valence-corrected chi connectivity index (χ2v) is 12.0. The van der Waals surface area contributed by atoms with Crippen molar-refractivity contribution in [2.45, 2.75) is 92.4 Å². The Kier molecular flexibility index (Phi) is 24.5. The zero-order valence-electron chi connectivity index (χ0n) is 31.5. The lowest BCUT2D eigenvalue weighted by atomic mass is 9.88. The van der Waals surface area contributed by atoms with E-state index < -0.39 is 0 Å². The van der Waals surface area contributed by atoms with Crippen LogP contribution in [0.4, 0.5) is 0 Å². The largest absolute Gasteiger partial charge is 0.483 e. The first kappa shape index (κ1) is 43.4. The number of nitrogens with one attached hydrogen (secondary N) is 1. The Morgan fingerprint density at radius 3 is 1.84 bits per heavy atom. The molecule has 0 atom stereocenters. The first-order valence-corrected chi connectivity index (χ1v) is 18.3. The van der Waals surface area contributed by atoms with Crippen LogP contribution in [0.5, 0.6) is 0 Å². The van der Waals surface area contributed by atoms with Gasteiger partial charge in [0.25, 0.3) is 6.47 Å². The summed E-state index contributed by atoms with van der Waals surface area (Å²) >= 11 is 0. The molecule has 3 aromatic rings. The van der Waals surface area contributed by atoms with Gasteiger partial charge >= 0.3 is 0 Å². The van der Waals surface area contributed by atoms with Crippen LogP contribution in [0.25, 0.3) is 5.70 Å². The molecular weight excluding hydrogens is 617 g/mol. The third-order valence-electron chi connectivity index (χ3n) is 8.57. The van der Waals surface area contributed by atoms with Crippen LogP contribution < -0.4 is 5.32 Å². The summed E-state index contributed by atoms with van der Waals surface area (Å²) in [4.78, 5) is 21.6. The van der Waals surface area contributed by atoms with Crippen molar-refractivity contribution in [1.29, 1.82) is 0 Å². The minimum Gasteiger partial charge on any atom is -0.483 e. The van der Waals surface area contributed by atoms with Gasteiger partial charge in [0.1, 0.15) is 0 Å². The molecule has 3 aromatic carbocycles. The molecule has 0 saturated carbocycles. The lowest BCUT2D eigenvalue weighted by molar-refractivity contribution is -0.122. The number of unbranched alkanes of at least 4 members (excludes halogenated alkanes) is 1. The molecule has 270 valence electrons. The van der Waals surface area contributed by atoms with E-state index in [-0.39, 0.29) is 6.47 Å². The van der Waals surface area contributed by atoms with Crippen molar-refractivity contribution in [3.05, 3.63) is 149 Å². The van der Waals surface area contributed by atoms with Crippen LogP contribution >= 0.6 is 0 Å². The summed E-state index contributed by atoms with van der Waals surface area (Å²) in [6, 6.07) is 32.0. The molecule has 0 bridgehead atoms. The molecule has 5 nitrogen and oxygen atoms in total. The molecule has 0 fully saturated rings. The van der Waals surface area contributed by atoms with Crippen LogP contribution in [-0.2, 0) is 9.59 Å². The molecule has 0 spiro atoms. The highest BCUT2D eigenvalue weighted by Gasteiger charge is 2.18. The maximum Gasteiger partial charge on any atom is 0.290 e. The summed E-state index contributed by atoms with van der Waals surface area (Å²) in [7, 11) is 0. The Hall–Kier alpha value is -4.64. The van der Waals surface area contributed by atoms with Crippen molar-refractivity contribution < 1.29 is 14.7 Å².